The zero-order valence-corrected chi connectivity index (χ0v) is 9.21. The molecule has 0 bridgehead atoms. The van der Waals surface area contributed by atoms with Crippen LogP contribution >= 0.6 is 0 Å². The molecule has 1 aromatic rings. The van der Waals surface area contributed by atoms with Crippen LogP contribution in [0.1, 0.15) is 0 Å². The van der Waals surface area contributed by atoms with Crippen LogP contribution in [0.4, 0.5) is 15.9 Å². The fraction of sp³-hybridized carbons (Fsp3) is 0. The summed E-state index contributed by atoms with van der Waals surface area (Å²) in [5.41, 5.74) is 1.92. The van der Waals surface area contributed by atoms with Crippen molar-refractivity contribution in [2.24, 2.45) is 0 Å². The Hall–Kier alpha value is -2.70. The van der Waals surface area contributed by atoms with Gasteiger partial charge >= 0.3 is 0 Å². The van der Waals surface area contributed by atoms with E-state index in [1.807, 2.05) is 0 Å². The Bertz CT molecular complexity index is 647. The number of nitrogens with two attached hydrogens (primary N) is 1. The maximum Gasteiger partial charge on any atom is 0.181 e. The highest BCUT2D eigenvalue weighted by molar-refractivity contribution is 5.74. The molecule has 1 aromatic carbocycles. The van der Waals surface area contributed by atoms with E-state index in [9.17, 15) is 4.39 Å². The van der Waals surface area contributed by atoms with Crippen LogP contribution in [0, 0.1) is 5.82 Å². The molecule has 0 fully saturated rings. The Balaban J connectivity index is 1.98. The van der Waals surface area contributed by atoms with Gasteiger partial charge in [-0.1, -0.05) is 0 Å². The number of halogens is 1. The van der Waals surface area contributed by atoms with Crippen LogP contribution in [0.5, 0.6) is 0 Å². The highest BCUT2D eigenvalue weighted by Gasteiger charge is 2.16. The molecule has 3 N–H and O–H groups in total. The van der Waals surface area contributed by atoms with Crippen LogP contribution in [0.3, 0.4) is 0 Å². The number of benzene rings is 1. The predicted octanol–water partition coefficient (Wildman–Crippen LogP) is 1.37. The SMILES string of the molecule is Nn1cncc2nnc(Nc3ccc(F)cc3)c1-2. The van der Waals surface area contributed by atoms with Gasteiger partial charge in [0.2, 0.25) is 0 Å². The smallest absolute Gasteiger partial charge is 0.181 e. The molecule has 0 saturated carbocycles. The predicted molar refractivity (Wildman–Crippen MR) is 64.3 cm³/mol. The van der Waals surface area contributed by atoms with Crippen LogP contribution in [0.15, 0.2) is 36.8 Å². The average Bonchev–Trinajstić information content (AvgIpc) is 2.77. The van der Waals surface area contributed by atoms with Gasteiger partial charge in [-0.05, 0) is 24.3 Å². The lowest BCUT2D eigenvalue weighted by atomic mass is 10.3. The topological polar surface area (TPSA) is 81.7 Å². The number of fused-ring (bicyclic) bond motifs is 1. The zero-order chi connectivity index (χ0) is 12.5. The zero-order valence-electron chi connectivity index (χ0n) is 9.21. The summed E-state index contributed by atoms with van der Waals surface area (Å²) in [6.45, 7) is 0. The Morgan fingerprint density at radius 2 is 1.94 bits per heavy atom. The first-order valence-electron chi connectivity index (χ1n) is 5.20. The molecule has 0 atom stereocenters. The summed E-state index contributed by atoms with van der Waals surface area (Å²) in [6, 6.07) is 5.94. The maximum atomic E-state index is 12.8. The van der Waals surface area contributed by atoms with Gasteiger partial charge in [0.25, 0.3) is 0 Å². The van der Waals surface area contributed by atoms with E-state index < -0.39 is 0 Å². The third-order valence-corrected chi connectivity index (χ3v) is 2.48. The van der Waals surface area contributed by atoms with Gasteiger partial charge in [-0.25, -0.2) is 14.1 Å². The summed E-state index contributed by atoms with van der Waals surface area (Å²) in [4.78, 5) is 3.90. The number of hydrogen-bond acceptors (Lipinski definition) is 5. The number of nitrogens with one attached hydrogen (secondary N) is 1. The van der Waals surface area contributed by atoms with Crippen molar-refractivity contribution in [1.82, 2.24) is 19.9 Å². The van der Waals surface area contributed by atoms with Crippen molar-refractivity contribution in [3.63, 3.8) is 0 Å². The van der Waals surface area contributed by atoms with E-state index in [0.717, 1.165) is 0 Å². The minimum Gasteiger partial charge on any atom is -0.338 e. The van der Waals surface area contributed by atoms with Crippen LogP contribution < -0.4 is 11.2 Å². The number of anilines is 2. The first-order chi connectivity index (χ1) is 8.74. The third kappa shape index (κ3) is 1.71. The molecular weight excluding hydrogens is 235 g/mol. The van der Waals surface area contributed by atoms with Crippen molar-refractivity contribution in [3.8, 4) is 11.4 Å². The standard InChI is InChI=1S/C11H9FN6/c12-7-1-3-8(4-2-7)15-11-10-9(16-17-11)5-14-6-18(10)13/h1-6,15H,13H2. The molecule has 0 radical (unpaired) electrons. The normalized spacial score (nSPS) is 10.7. The van der Waals surface area contributed by atoms with Gasteiger partial charge in [0.15, 0.2) is 5.82 Å². The second kappa shape index (κ2) is 3.95. The minimum absolute atomic E-state index is 0.294. The number of aromatic nitrogens is 4. The summed E-state index contributed by atoms with van der Waals surface area (Å²) in [6.07, 6.45) is 3.03. The van der Waals surface area contributed by atoms with Gasteiger partial charge in [-0.3, -0.25) is 0 Å². The highest BCUT2D eigenvalue weighted by Crippen LogP contribution is 2.27. The van der Waals surface area contributed by atoms with Gasteiger partial charge in [0, 0.05) is 5.69 Å². The Labute approximate surface area is 102 Å². The van der Waals surface area contributed by atoms with Crippen molar-refractivity contribution in [3.05, 3.63) is 42.6 Å². The van der Waals surface area contributed by atoms with Crippen LogP contribution in [-0.4, -0.2) is 19.9 Å². The first kappa shape index (κ1) is 10.5. The Morgan fingerprint density at radius 1 is 1.17 bits per heavy atom. The van der Waals surface area contributed by atoms with Gasteiger partial charge in [-0.15, -0.1) is 10.2 Å². The van der Waals surface area contributed by atoms with Crippen molar-refractivity contribution in [2.45, 2.75) is 0 Å². The molecule has 0 amide bonds. The lowest BCUT2D eigenvalue weighted by Gasteiger charge is -2.08. The van der Waals surface area contributed by atoms with Crippen molar-refractivity contribution in [2.75, 3.05) is 11.2 Å². The van der Waals surface area contributed by atoms with Gasteiger partial charge in [-0.2, -0.15) is 0 Å². The van der Waals surface area contributed by atoms with Gasteiger partial charge < -0.3 is 11.2 Å². The molecule has 2 aliphatic heterocycles. The molecule has 0 aromatic heterocycles. The fourth-order valence-electron chi connectivity index (χ4n) is 1.65. The van der Waals surface area contributed by atoms with E-state index in [0.29, 0.717) is 22.9 Å². The number of rotatable bonds is 2. The largest absolute Gasteiger partial charge is 0.338 e. The number of nitrogen functional groups attached to an aromatic ring is 1. The van der Waals surface area contributed by atoms with Gasteiger partial charge in [0.1, 0.15) is 23.5 Å². The molecule has 7 heteroatoms. The third-order valence-electron chi connectivity index (χ3n) is 2.48. The molecule has 0 saturated heterocycles. The quantitative estimate of drug-likeness (QED) is 0.665. The highest BCUT2D eigenvalue weighted by atomic mass is 19.1. The van der Waals surface area contributed by atoms with Crippen molar-refractivity contribution < 1.29 is 4.39 Å². The van der Waals surface area contributed by atoms with E-state index in [1.165, 1.54) is 23.1 Å². The summed E-state index contributed by atoms with van der Waals surface area (Å²) >= 11 is 0. The summed E-state index contributed by atoms with van der Waals surface area (Å²) in [5.74, 6) is 5.96. The molecular formula is C11H9FN6. The summed E-state index contributed by atoms with van der Waals surface area (Å²) < 4.78 is 14.1. The van der Waals surface area contributed by atoms with E-state index in [4.69, 9.17) is 5.84 Å². The summed E-state index contributed by atoms with van der Waals surface area (Å²) in [7, 11) is 0. The van der Waals surface area contributed by atoms with E-state index in [2.05, 4.69) is 20.5 Å². The van der Waals surface area contributed by atoms with Crippen molar-refractivity contribution in [1.29, 1.82) is 0 Å². The molecule has 90 valence electrons. The second-order valence-corrected chi connectivity index (χ2v) is 3.72. The lowest BCUT2D eigenvalue weighted by molar-refractivity contribution is 0.628. The Morgan fingerprint density at radius 3 is 2.72 bits per heavy atom. The molecule has 2 heterocycles. The van der Waals surface area contributed by atoms with Crippen LogP contribution in [0.25, 0.3) is 11.4 Å². The van der Waals surface area contributed by atoms with Crippen LogP contribution in [-0.2, 0) is 0 Å². The minimum atomic E-state index is -0.294. The molecule has 18 heavy (non-hydrogen) atoms. The fourth-order valence-corrected chi connectivity index (χ4v) is 1.65. The molecule has 0 unspecified atom stereocenters. The first-order valence-corrected chi connectivity index (χ1v) is 5.20. The van der Waals surface area contributed by atoms with E-state index >= 15 is 0 Å². The molecule has 0 aliphatic carbocycles. The average molecular weight is 244 g/mol. The molecule has 3 rings (SSSR count). The van der Waals surface area contributed by atoms with E-state index in [-0.39, 0.29) is 5.82 Å². The summed E-state index contributed by atoms with van der Waals surface area (Å²) in [5, 5.41) is 10.9. The molecule has 6 nitrogen and oxygen atoms in total. The lowest BCUT2D eigenvalue weighted by Crippen LogP contribution is -2.13. The molecule has 2 aliphatic rings. The molecule has 0 spiro atoms. The maximum absolute atomic E-state index is 12.8. The van der Waals surface area contributed by atoms with Crippen molar-refractivity contribution >= 4 is 11.5 Å². The number of nitrogens with zero attached hydrogens (tertiary/aromatic N) is 4. The monoisotopic (exact) mass is 244 g/mol. The van der Waals surface area contributed by atoms with E-state index in [1.54, 1.807) is 18.3 Å². The van der Waals surface area contributed by atoms with Gasteiger partial charge in [0.05, 0.1) is 6.20 Å². The van der Waals surface area contributed by atoms with Crippen LogP contribution in [0.2, 0.25) is 0 Å². The second-order valence-electron chi connectivity index (χ2n) is 3.72. The Kier molecular flexibility index (Phi) is 2.30. The number of hydrogen-bond donors (Lipinski definition) is 2.